The average Bonchev–Trinajstić information content (AvgIpc) is 2.24. The summed E-state index contributed by atoms with van der Waals surface area (Å²) in [5.74, 6) is -0.761. The molecule has 2 N–H and O–H groups in total. The van der Waals surface area contributed by atoms with Gasteiger partial charge in [0.25, 0.3) is 0 Å². The second kappa shape index (κ2) is 6.50. The Labute approximate surface area is 110 Å². The maximum Gasteiger partial charge on any atom is 0.322 e. The van der Waals surface area contributed by atoms with Gasteiger partial charge in [-0.3, -0.25) is 14.6 Å². The Morgan fingerprint density at radius 3 is 2.22 bits per heavy atom. The van der Waals surface area contributed by atoms with Gasteiger partial charge in [0, 0.05) is 37.8 Å². The van der Waals surface area contributed by atoms with Gasteiger partial charge in [0.15, 0.2) is 0 Å². The number of carboxylic acid groups (broad SMARTS) is 1. The highest BCUT2D eigenvalue weighted by molar-refractivity contribution is 5.73. The molecule has 1 rings (SSSR count). The molecule has 0 aromatic rings. The molecule has 0 saturated carbocycles. The number of hydrogen-bond donors (Lipinski definition) is 2. The summed E-state index contributed by atoms with van der Waals surface area (Å²) in [6.45, 7) is 10.8. The first-order chi connectivity index (χ1) is 8.31. The van der Waals surface area contributed by atoms with Crippen molar-refractivity contribution in [1.29, 1.82) is 0 Å². The van der Waals surface area contributed by atoms with Crippen LogP contribution in [-0.2, 0) is 4.79 Å². The number of carboxylic acids is 1. The van der Waals surface area contributed by atoms with Crippen molar-refractivity contribution in [3.63, 3.8) is 0 Å². The minimum atomic E-state index is -0.761. The summed E-state index contributed by atoms with van der Waals surface area (Å²) in [5, 5.41) is 12.3. The Balaban J connectivity index is 2.56. The van der Waals surface area contributed by atoms with Crippen LogP contribution in [-0.4, -0.2) is 71.7 Å². The minimum Gasteiger partial charge on any atom is -0.480 e. The van der Waals surface area contributed by atoms with Gasteiger partial charge in [-0.05, 0) is 20.9 Å². The van der Waals surface area contributed by atoms with Gasteiger partial charge >= 0.3 is 5.97 Å². The van der Waals surface area contributed by atoms with Crippen LogP contribution in [0, 0.1) is 0 Å². The molecule has 0 aliphatic carbocycles. The Hall–Kier alpha value is -0.650. The van der Waals surface area contributed by atoms with Crippen LogP contribution < -0.4 is 5.32 Å². The first-order valence-corrected chi connectivity index (χ1v) is 6.74. The summed E-state index contributed by atoms with van der Waals surface area (Å²) >= 11 is 0. The quantitative estimate of drug-likeness (QED) is 0.749. The molecule has 18 heavy (non-hydrogen) atoms. The van der Waals surface area contributed by atoms with E-state index in [0.717, 1.165) is 13.1 Å². The molecule has 5 nitrogen and oxygen atoms in total. The molecule has 1 heterocycles. The summed E-state index contributed by atoms with van der Waals surface area (Å²) in [7, 11) is 2.13. The molecule has 0 aromatic carbocycles. The van der Waals surface area contributed by atoms with Crippen molar-refractivity contribution in [1.82, 2.24) is 15.1 Å². The maximum absolute atomic E-state index is 11.2. The highest BCUT2D eigenvalue weighted by Crippen LogP contribution is 2.13. The topological polar surface area (TPSA) is 55.8 Å². The van der Waals surface area contributed by atoms with E-state index in [2.05, 4.69) is 36.0 Å². The monoisotopic (exact) mass is 257 g/mol. The summed E-state index contributed by atoms with van der Waals surface area (Å²) < 4.78 is 0. The standard InChI is InChI=1S/C13H27N3O2/c1-9(2)14-12(13(17)18)8-16-6-10(3)15(5)11(4)7-16/h9-12,14H,6-8H2,1-5H3,(H,17,18). The van der Waals surface area contributed by atoms with Crippen LogP contribution in [0.2, 0.25) is 0 Å². The van der Waals surface area contributed by atoms with E-state index in [0.29, 0.717) is 18.6 Å². The molecule has 0 amide bonds. The SMILES string of the molecule is CC(C)NC(CN1CC(C)N(C)C(C)C1)C(=O)O. The van der Waals surface area contributed by atoms with Crippen LogP contribution in [0.15, 0.2) is 0 Å². The van der Waals surface area contributed by atoms with Gasteiger partial charge in [-0.1, -0.05) is 13.8 Å². The number of nitrogens with zero attached hydrogens (tertiary/aromatic N) is 2. The fourth-order valence-electron chi connectivity index (χ4n) is 2.53. The van der Waals surface area contributed by atoms with Gasteiger partial charge in [-0.25, -0.2) is 0 Å². The zero-order chi connectivity index (χ0) is 13.9. The summed E-state index contributed by atoms with van der Waals surface area (Å²) in [4.78, 5) is 15.8. The van der Waals surface area contributed by atoms with E-state index in [1.54, 1.807) is 0 Å². The Kier molecular flexibility index (Phi) is 5.56. The van der Waals surface area contributed by atoms with Crippen LogP contribution in [0.5, 0.6) is 0 Å². The predicted molar refractivity (Wildman–Crippen MR) is 72.8 cm³/mol. The largest absolute Gasteiger partial charge is 0.480 e. The molecule has 0 spiro atoms. The Morgan fingerprint density at radius 1 is 1.33 bits per heavy atom. The third-order valence-electron chi connectivity index (χ3n) is 3.71. The number of likely N-dealkylation sites (N-methyl/N-ethyl adjacent to an activating group) is 1. The molecular formula is C13H27N3O2. The number of piperazine rings is 1. The van der Waals surface area contributed by atoms with Gasteiger partial charge in [0.1, 0.15) is 6.04 Å². The lowest BCUT2D eigenvalue weighted by Crippen LogP contribution is -2.58. The third kappa shape index (κ3) is 4.23. The van der Waals surface area contributed by atoms with Gasteiger partial charge < -0.3 is 10.4 Å². The van der Waals surface area contributed by atoms with Crippen LogP contribution >= 0.6 is 0 Å². The minimum absolute atomic E-state index is 0.188. The van der Waals surface area contributed by atoms with E-state index >= 15 is 0 Å². The first-order valence-electron chi connectivity index (χ1n) is 6.74. The van der Waals surface area contributed by atoms with E-state index in [-0.39, 0.29) is 6.04 Å². The van der Waals surface area contributed by atoms with E-state index in [9.17, 15) is 9.90 Å². The van der Waals surface area contributed by atoms with Crippen molar-refractivity contribution in [3.8, 4) is 0 Å². The normalized spacial score (nSPS) is 28.6. The number of nitrogens with one attached hydrogen (secondary N) is 1. The van der Waals surface area contributed by atoms with Crippen molar-refractivity contribution in [2.75, 3.05) is 26.7 Å². The van der Waals surface area contributed by atoms with Crippen LogP contribution in [0.4, 0.5) is 0 Å². The fraction of sp³-hybridized carbons (Fsp3) is 0.923. The van der Waals surface area contributed by atoms with Gasteiger partial charge in [0.05, 0.1) is 0 Å². The van der Waals surface area contributed by atoms with E-state index < -0.39 is 12.0 Å². The first kappa shape index (κ1) is 15.4. The maximum atomic E-state index is 11.2. The van der Waals surface area contributed by atoms with Crippen molar-refractivity contribution in [3.05, 3.63) is 0 Å². The molecule has 1 fully saturated rings. The smallest absolute Gasteiger partial charge is 0.322 e. The Morgan fingerprint density at radius 2 is 1.83 bits per heavy atom. The van der Waals surface area contributed by atoms with Crippen molar-refractivity contribution >= 4 is 5.97 Å². The lowest BCUT2D eigenvalue weighted by molar-refractivity contribution is -0.140. The highest BCUT2D eigenvalue weighted by atomic mass is 16.4. The number of rotatable bonds is 5. The molecule has 1 aliphatic rings. The molecule has 3 unspecified atom stereocenters. The molecule has 0 aromatic heterocycles. The summed E-state index contributed by atoms with van der Waals surface area (Å²) in [5.41, 5.74) is 0. The van der Waals surface area contributed by atoms with Crippen LogP contribution in [0.25, 0.3) is 0 Å². The highest BCUT2D eigenvalue weighted by Gasteiger charge is 2.29. The summed E-state index contributed by atoms with van der Waals surface area (Å²) in [6, 6.07) is 0.658. The van der Waals surface area contributed by atoms with Crippen LogP contribution in [0.3, 0.4) is 0 Å². The zero-order valence-electron chi connectivity index (χ0n) is 12.2. The van der Waals surface area contributed by atoms with Crippen molar-refractivity contribution in [2.45, 2.75) is 51.9 Å². The fourth-order valence-corrected chi connectivity index (χ4v) is 2.53. The summed E-state index contributed by atoms with van der Waals surface area (Å²) in [6.07, 6.45) is 0. The molecule has 106 valence electrons. The molecular weight excluding hydrogens is 230 g/mol. The second-order valence-corrected chi connectivity index (χ2v) is 5.79. The number of aliphatic carboxylic acids is 1. The second-order valence-electron chi connectivity index (χ2n) is 5.79. The molecule has 3 atom stereocenters. The predicted octanol–water partition coefficient (Wildman–Crippen LogP) is 0.462. The third-order valence-corrected chi connectivity index (χ3v) is 3.71. The van der Waals surface area contributed by atoms with Crippen molar-refractivity contribution < 1.29 is 9.90 Å². The number of carbonyl (C=O) groups is 1. The molecule has 0 radical (unpaired) electrons. The molecule has 0 bridgehead atoms. The molecule has 1 aliphatic heterocycles. The van der Waals surface area contributed by atoms with Crippen LogP contribution in [0.1, 0.15) is 27.7 Å². The zero-order valence-corrected chi connectivity index (χ0v) is 12.2. The van der Waals surface area contributed by atoms with Gasteiger partial charge in [0.2, 0.25) is 0 Å². The van der Waals surface area contributed by atoms with E-state index in [1.807, 2.05) is 13.8 Å². The lowest BCUT2D eigenvalue weighted by atomic mass is 10.1. The van der Waals surface area contributed by atoms with E-state index in [1.165, 1.54) is 0 Å². The number of hydrogen-bond acceptors (Lipinski definition) is 4. The van der Waals surface area contributed by atoms with Gasteiger partial charge in [-0.15, -0.1) is 0 Å². The average molecular weight is 257 g/mol. The molecule has 1 saturated heterocycles. The van der Waals surface area contributed by atoms with Gasteiger partial charge in [-0.2, -0.15) is 0 Å². The Bertz CT molecular complexity index is 271. The van der Waals surface area contributed by atoms with Crippen molar-refractivity contribution in [2.24, 2.45) is 0 Å². The van der Waals surface area contributed by atoms with E-state index in [4.69, 9.17) is 0 Å². The molecule has 5 heteroatoms. The lowest BCUT2D eigenvalue weighted by Gasteiger charge is -2.43.